The molecule has 31 heavy (non-hydrogen) atoms. The van der Waals surface area contributed by atoms with Crippen molar-refractivity contribution in [3.63, 3.8) is 0 Å². The van der Waals surface area contributed by atoms with Crippen molar-refractivity contribution in [3.05, 3.63) is 60.5 Å². The molecule has 1 aliphatic rings. The summed E-state index contributed by atoms with van der Waals surface area (Å²) in [5, 5.41) is 15.3. The van der Waals surface area contributed by atoms with Gasteiger partial charge in [0.1, 0.15) is 5.58 Å². The molecule has 0 aliphatic carbocycles. The lowest BCUT2D eigenvalue weighted by atomic mass is 10.1. The quantitative estimate of drug-likeness (QED) is 0.512. The number of carboxylic acids is 1. The maximum Gasteiger partial charge on any atom is 0.309 e. The summed E-state index contributed by atoms with van der Waals surface area (Å²) in [4.78, 5) is 11.5. The Kier molecular flexibility index (Phi) is 4.60. The molecule has 1 N–H and O–H groups in total. The van der Waals surface area contributed by atoms with E-state index in [1.807, 2.05) is 31.2 Å². The van der Waals surface area contributed by atoms with Crippen molar-refractivity contribution >= 4 is 37.9 Å². The highest BCUT2D eigenvalue weighted by atomic mass is 32.2. The van der Waals surface area contributed by atoms with Crippen LogP contribution in [0.5, 0.6) is 0 Å². The Balaban J connectivity index is 1.50. The van der Waals surface area contributed by atoms with Gasteiger partial charge in [0, 0.05) is 23.9 Å². The van der Waals surface area contributed by atoms with Crippen LogP contribution in [0.15, 0.2) is 64.1 Å². The molecule has 9 heteroatoms. The first kappa shape index (κ1) is 19.8. The number of hydrogen-bond acceptors (Lipinski definition) is 5. The summed E-state index contributed by atoms with van der Waals surface area (Å²) in [5.74, 6) is -0.942. The number of fused-ring (bicyclic) bond motifs is 2. The van der Waals surface area contributed by atoms with Crippen molar-refractivity contribution in [1.29, 1.82) is 0 Å². The fourth-order valence-corrected chi connectivity index (χ4v) is 5.95. The van der Waals surface area contributed by atoms with Crippen molar-refractivity contribution < 1.29 is 22.7 Å². The Labute approximate surface area is 178 Å². The third kappa shape index (κ3) is 3.30. The zero-order valence-electron chi connectivity index (χ0n) is 16.8. The van der Waals surface area contributed by atoms with Gasteiger partial charge in [0.2, 0.25) is 10.0 Å². The summed E-state index contributed by atoms with van der Waals surface area (Å²) in [6, 6.07) is 13.9. The van der Waals surface area contributed by atoms with Gasteiger partial charge in [-0.25, -0.2) is 8.42 Å². The van der Waals surface area contributed by atoms with Crippen LogP contribution in [0.3, 0.4) is 0 Å². The number of rotatable bonds is 5. The number of carboxylic acid groups (broad SMARTS) is 1. The lowest BCUT2D eigenvalue weighted by Crippen LogP contribution is -2.29. The molecule has 0 saturated carbocycles. The molecule has 160 valence electrons. The molecule has 1 fully saturated rings. The summed E-state index contributed by atoms with van der Waals surface area (Å²) in [6.07, 6.45) is 1.36. The molecule has 8 nitrogen and oxygen atoms in total. The molecule has 4 aromatic rings. The number of carbonyl (C=O) groups is 1. The largest absolute Gasteiger partial charge is 0.481 e. The molecule has 0 spiro atoms. The van der Waals surface area contributed by atoms with Gasteiger partial charge in [0.05, 0.1) is 34.8 Å². The second-order valence-electron chi connectivity index (χ2n) is 7.97. The van der Waals surface area contributed by atoms with Crippen LogP contribution in [0.4, 0.5) is 0 Å². The zero-order valence-corrected chi connectivity index (χ0v) is 17.6. The van der Waals surface area contributed by atoms with Crippen LogP contribution in [-0.4, -0.2) is 46.7 Å². The second kappa shape index (κ2) is 7.21. The number of aromatic nitrogens is 2. The Morgan fingerprint density at radius 3 is 2.81 bits per heavy atom. The van der Waals surface area contributed by atoms with Gasteiger partial charge < -0.3 is 9.52 Å². The molecule has 2 atom stereocenters. The van der Waals surface area contributed by atoms with E-state index in [2.05, 4.69) is 5.10 Å². The molecular formula is C22H21N3O5S. The van der Waals surface area contributed by atoms with E-state index < -0.39 is 16.0 Å². The predicted octanol–water partition coefficient (Wildman–Crippen LogP) is 3.29. The summed E-state index contributed by atoms with van der Waals surface area (Å²) < 4.78 is 35.2. The maximum atomic E-state index is 13.3. The molecular weight excluding hydrogens is 418 g/mol. The fraction of sp³-hybridized carbons (Fsp3) is 0.273. The van der Waals surface area contributed by atoms with Gasteiger partial charge in [-0.05, 0) is 36.2 Å². The molecule has 0 radical (unpaired) electrons. The van der Waals surface area contributed by atoms with E-state index >= 15 is 0 Å². The van der Waals surface area contributed by atoms with Gasteiger partial charge in [-0.3, -0.25) is 9.48 Å². The van der Waals surface area contributed by atoms with Crippen LogP contribution in [0, 0.1) is 5.92 Å². The Hall–Kier alpha value is -3.17. The van der Waals surface area contributed by atoms with E-state index in [9.17, 15) is 18.3 Å². The van der Waals surface area contributed by atoms with Crippen molar-refractivity contribution in [2.24, 2.45) is 5.92 Å². The second-order valence-corrected chi connectivity index (χ2v) is 9.90. The Morgan fingerprint density at radius 1 is 1.19 bits per heavy atom. The lowest BCUT2D eigenvalue weighted by Gasteiger charge is -2.17. The van der Waals surface area contributed by atoms with Crippen LogP contribution in [0.2, 0.25) is 0 Å². The first-order valence-electron chi connectivity index (χ1n) is 10.00. The van der Waals surface area contributed by atoms with Gasteiger partial charge in [-0.15, -0.1) is 0 Å². The SMILES string of the molecule is C[C@@H]1CN(S(=O)(=O)c2ccc3occc3c2)C[C@@H]1n1nc(CC(=O)O)c2ccccc21. The van der Waals surface area contributed by atoms with Crippen LogP contribution < -0.4 is 0 Å². The third-order valence-electron chi connectivity index (χ3n) is 5.92. The normalized spacial score (nSPS) is 20.0. The van der Waals surface area contributed by atoms with Crippen molar-refractivity contribution in [2.45, 2.75) is 24.3 Å². The van der Waals surface area contributed by atoms with Gasteiger partial charge in [-0.1, -0.05) is 25.1 Å². The van der Waals surface area contributed by atoms with Crippen molar-refractivity contribution in [1.82, 2.24) is 14.1 Å². The highest BCUT2D eigenvalue weighted by Gasteiger charge is 2.39. The number of sulfonamides is 1. The molecule has 0 amide bonds. The molecule has 0 unspecified atom stereocenters. The molecule has 5 rings (SSSR count). The minimum Gasteiger partial charge on any atom is -0.481 e. The van der Waals surface area contributed by atoms with Gasteiger partial charge >= 0.3 is 5.97 Å². The van der Waals surface area contributed by atoms with Gasteiger partial charge in [0.15, 0.2) is 0 Å². The van der Waals surface area contributed by atoms with Crippen LogP contribution >= 0.6 is 0 Å². The Bertz CT molecular complexity index is 1410. The first-order chi connectivity index (χ1) is 14.8. The average Bonchev–Trinajstić information content (AvgIpc) is 3.44. The minimum absolute atomic E-state index is 0.00779. The van der Waals surface area contributed by atoms with Gasteiger partial charge in [0.25, 0.3) is 0 Å². The number of nitrogens with zero attached hydrogens (tertiary/aromatic N) is 3. The van der Waals surface area contributed by atoms with Crippen molar-refractivity contribution in [2.75, 3.05) is 13.1 Å². The highest BCUT2D eigenvalue weighted by Crippen LogP contribution is 2.35. The maximum absolute atomic E-state index is 13.3. The van der Waals surface area contributed by atoms with E-state index in [4.69, 9.17) is 4.42 Å². The Morgan fingerprint density at radius 2 is 2.00 bits per heavy atom. The van der Waals surface area contributed by atoms with E-state index in [0.29, 0.717) is 17.8 Å². The average molecular weight is 439 g/mol. The summed E-state index contributed by atoms with van der Waals surface area (Å²) >= 11 is 0. The zero-order chi connectivity index (χ0) is 21.8. The summed E-state index contributed by atoms with van der Waals surface area (Å²) in [5.41, 5.74) is 1.94. The number of hydrogen-bond donors (Lipinski definition) is 1. The molecule has 1 aliphatic heterocycles. The van der Waals surface area contributed by atoms with Crippen LogP contribution in [0.25, 0.3) is 21.9 Å². The number of para-hydroxylation sites is 1. The third-order valence-corrected chi connectivity index (χ3v) is 7.75. The topological polar surface area (TPSA) is 106 Å². The minimum atomic E-state index is -3.69. The van der Waals surface area contributed by atoms with Crippen molar-refractivity contribution in [3.8, 4) is 0 Å². The van der Waals surface area contributed by atoms with Crippen LogP contribution in [-0.2, 0) is 21.2 Å². The predicted molar refractivity (Wildman–Crippen MR) is 114 cm³/mol. The monoisotopic (exact) mass is 439 g/mol. The van der Waals surface area contributed by atoms with Crippen LogP contribution in [0.1, 0.15) is 18.7 Å². The smallest absolute Gasteiger partial charge is 0.309 e. The van der Waals surface area contributed by atoms with E-state index in [-0.39, 0.29) is 29.8 Å². The molecule has 2 aromatic carbocycles. The highest BCUT2D eigenvalue weighted by molar-refractivity contribution is 7.89. The number of benzene rings is 2. The van der Waals surface area contributed by atoms with Gasteiger partial charge in [-0.2, -0.15) is 9.40 Å². The number of furan rings is 1. The summed E-state index contributed by atoms with van der Waals surface area (Å²) in [7, 11) is -3.69. The standard InChI is InChI=1S/C22H21N3O5S/c1-14-12-24(31(28,29)16-6-7-21-15(10-16)8-9-30-21)13-20(14)25-19-5-3-2-4-17(19)18(23-25)11-22(26)27/h2-10,14,20H,11-13H2,1H3,(H,26,27)/t14-,20+/m1/s1. The molecule has 1 saturated heterocycles. The lowest BCUT2D eigenvalue weighted by molar-refractivity contribution is -0.136. The molecule has 0 bridgehead atoms. The summed E-state index contributed by atoms with van der Waals surface area (Å²) in [6.45, 7) is 2.62. The fourth-order valence-electron chi connectivity index (χ4n) is 4.36. The molecule has 2 aromatic heterocycles. The first-order valence-corrected chi connectivity index (χ1v) is 11.4. The van der Waals surface area contributed by atoms with E-state index in [0.717, 1.165) is 16.3 Å². The number of aliphatic carboxylic acids is 1. The van der Waals surface area contributed by atoms with E-state index in [1.54, 1.807) is 28.9 Å². The molecule has 3 heterocycles. The van der Waals surface area contributed by atoms with E-state index in [1.165, 1.54) is 10.6 Å².